The van der Waals surface area contributed by atoms with Crippen molar-refractivity contribution in [1.29, 1.82) is 0 Å². The maximum atomic E-state index is 13.1. The quantitative estimate of drug-likeness (QED) is 0.554. The van der Waals surface area contributed by atoms with Gasteiger partial charge in [0, 0.05) is 41.2 Å². The number of halogens is 1. The van der Waals surface area contributed by atoms with Crippen LogP contribution in [0.2, 0.25) is 5.02 Å². The van der Waals surface area contributed by atoms with E-state index in [2.05, 4.69) is 5.32 Å². The number of imide groups is 1. The van der Waals surface area contributed by atoms with Crippen LogP contribution >= 0.6 is 11.6 Å². The van der Waals surface area contributed by atoms with Crippen LogP contribution in [-0.2, 0) is 21.6 Å². The highest BCUT2D eigenvalue weighted by Crippen LogP contribution is 2.33. The normalized spacial score (nSPS) is 19.0. The van der Waals surface area contributed by atoms with E-state index in [0.29, 0.717) is 29.3 Å². The minimum atomic E-state index is -1.31. The molecule has 1 unspecified atom stereocenters. The van der Waals surface area contributed by atoms with E-state index in [1.165, 1.54) is 0 Å². The van der Waals surface area contributed by atoms with Gasteiger partial charge in [0.15, 0.2) is 5.78 Å². The maximum absolute atomic E-state index is 13.1. The van der Waals surface area contributed by atoms with Crippen LogP contribution < -0.4 is 5.32 Å². The van der Waals surface area contributed by atoms with Crippen LogP contribution in [0.25, 0.3) is 0 Å². The number of carbonyl (C=O) groups is 3. The number of methoxy groups -OCH3 is 1. The smallest absolute Gasteiger partial charge is 0.325 e. The largest absolute Gasteiger partial charge is 0.383 e. The van der Waals surface area contributed by atoms with Crippen LogP contribution in [0.15, 0.2) is 30.3 Å². The van der Waals surface area contributed by atoms with Crippen LogP contribution in [0.3, 0.4) is 0 Å². The van der Waals surface area contributed by atoms with E-state index in [-0.39, 0.29) is 12.3 Å². The van der Waals surface area contributed by atoms with Gasteiger partial charge in [-0.05, 0) is 32.9 Å². The summed E-state index contributed by atoms with van der Waals surface area (Å²) in [5.41, 5.74) is 1.37. The zero-order valence-electron chi connectivity index (χ0n) is 16.9. The molecule has 0 saturated carbocycles. The van der Waals surface area contributed by atoms with Crippen molar-refractivity contribution in [3.8, 4) is 0 Å². The van der Waals surface area contributed by atoms with Gasteiger partial charge < -0.3 is 14.6 Å². The number of Topliss-reactive ketones (excluding diaryl/α,β-unsaturated/α-hetero) is 1. The average molecular weight is 418 g/mol. The number of benzene rings is 1. The van der Waals surface area contributed by atoms with Gasteiger partial charge in [-0.2, -0.15) is 0 Å². The van der Waals surface area contributed by atoms with E-state index >= 15 is 0 Å². The molecular formula is C21H24ClN3O4. The van der Waals surface area contributed by atoms with Crippen LogP contribution in [0.5, 0.6) is 0 Å². The number of carbonyl (C=O) groups excluding carboxylic acids is 3. The summed E-state index contributed by atoms with van der Waals surface area (Å²) in [4.78, 5) is 39.5. The van der Waals surface area contributed by atoms with Crippen LogP contribution in [-0.4, -0.2) is 47.4 Å². The fourth-order valence-electron chi connectivity index (χ4n) is 3.73. The summed E-state index contributed by atoms with van der Waals surface area (Å²) in [7, 11) is 1.62. The Kier molecular flexibility index (Phi) is 5.82. The molecule has 154 valence electrons. The molecule has 1 aliphatic rings. The molecule has 1 saturated heterocycles. The number of aromatic nitrogens is 1. The molecule has 1 N–H and O–H groups in total. The third kappa shape index (κ3) is 3.68. The summed E-state index contributed by atoms with van der Waals surface area (Å²) in [5.74, 6) is -0.800. The maximum Gasteiger partial charge on any atom is 0.325 e. The molecule has 3 rings (SSSR count). The molecule has 0 spiro atoms. The van der Waals surface area contributed by atoms with Gasteiger partial charge in [-0.25, -0.2) is 4.79 Å². The Morgan fingerprint density at radius 1 is 1.24 bits per heavy atom. The molecule has 1 atom stereocenters. The Balaban J connectivity index is 1.84. The van der Waals surface area contributed by atoms with Gasteiger partial charge in [-0.1, -0.05) is 29.8 Å². The molecule has 1 aliphatic heterocycles. The SMILES string of the molecule is COCCn1c(C)cc(C(=O)CN2C(=O)NC(C)(c3ccccc3Cl)C2=O)c1C. The van der Waals surface area contributed by atoms with E-state index in [4.69, 9.17) is 16.3 Å². The molecular weight excluding hydrogens is 394 g/mol. The zero-order valence-corrected chi connectivity index (χ0v) is 17.7. The van der Waals surface area contributed by atoms with Crippen LogP contribution in [0, 0.1) is 13.8 Å². The number of nitrogens with one attached hydrogen (secondary N) is 1. The third-order valence-corrected chi connectivity index (χ3v) is 5.71. The Bertz CT molecular complexity index is 984. The molecule has 8 heteroatoms. The van der Waals surface area contributed by atoms with Crippen molar-refractivity contribution in [2.45, 2.75) is 32.9 Å². The van der Waals surface area contributed by atoms with Gasteiger partial charge in [-0.3, -0.25) is 14.5 Å². The molecule has 29 heavy (non-hydrogen) atoms. The number of hydrogen-bond acceptors (Lipinski definition) is 4. The molecule has 2 heterocycles. The number of hydrogen-bond donors (Lipinski definition) is 1. The number of urea groups is 1. The number of nitrogens with zero attached hydrogens (tertiary/aromatic N) is 2. The van der Waals surface area contributed by atoms with Crippen molar-refractivity contribution in [3.05, 3.63) is 57.9 Å². The van der Waals surface area contributed by atoms with E-state index < -0.39 is 17.5 Å². The Hall–Kier alpha value is -2.64. The summed E-state index contributed by atoms with van der Waals surface area (Å²) >= 11 is 6.24. The minimum Gasteiger partial charge on any atom is -0.383 e. The zero-order chi connectivity index (χ0) is 21.3. The minimum absolute atomic E-state index is 0.298. The Morgan fingerprint density at radius 3 is 2.59 bits per heavy atom. The highest BCUT2D eigenvalue weighted by molar-refractivity contribution is 6.32. The van der Waals surface area contributed by atoms with Gasteiger partial charge >= 0.3 is 6.03 Å². The first kappa shape index (κ1) is 21.1. The Morgan fingerprint density at radius 2 is 1.93 bits per heavy atom. The molecule has 1 aromatic carbocycles. The van der Waals surface area contributed by atoms with Crippen LogP contribution in [0.4, 0.5) is 4.79 Å². The summed E-state index contributed by atoms with van der Waals surface area (Å²) in [6, 6.07) is 8.00. The standard InChI is InChI=1S/C21H24ClN3O4/c1-13-11-15(14(2)24(13)9-10-29-4)18(26)12-25-19(27)21(3,23-20(25)28)16-7-5-6-8-17(16)22/h5-8,11H,9-10,12H2,1-4H3,(H,23,28). The molecule has 0 radical (unpaired) electrons. The monoisotopic (exact) mass is 417 g/mol. The number of aryl methyl sites for hydroxylation is 1. The summed E-state index contributed by atoms with van der Waals surface area (Å²) in [6.45, 7) is 6.15. The van der Waals surface area contributed by atoms with Gasteiger partial charge in [0.25, 0.3) is 5.91 Å². The molecule has 1 fully saturated rings. The van der Waals surface area contributed by atoms with Crippen molar-refractivity contribution in [3.63, 3.8) is 0 Å². The fraction of sp³-hybridized carbons (Fsp3) is 0.381. The topological polar surface area (TPSA) is 80.6 Å². The highest BCUT2D eigenvalue weighted by atomic mass is 35.5. The molecule has 2 aromatic rings. The highest BCUT2D eigenvalue weighted by Gasteiger charge is 2.50. The van der Waals surface area contributed by atoms with E-state index in [0.717, 1.165) is 16.3 Å². The summed E-state index contributed by atoms with van der Waals surface area (Å²) in [6.07, 6.45) is 0. The summed E-state index contributed by atoms with van der Waals surface area (Å²) in [5, 5.41) is 3.06. The number of amides is 3. The first-order chi connectivity index (χ1) is 13.7. The van der Waals surface area contributed by atoms with E-state index in [9.17, 15) is 14.4 Å². The average Bonchev–Trinajstić information content (AvgIpc) is 3.08. The lowest BCUT2D eigenvalue weighted by Gasteiger charge is -2.23. The Labute approximate surface area is 174 Å². The van der Waals surface area contributed by atoms with Crippen LogP contribution in [0.1, 0.15) is 34.2 Å². The van der Waals surface area contributed by atoms with Crippen molar-refractivity contribution >= 4 is 29.3 Å². The molecule has 7 nitrogen and oxygen atoms in total. The van der Waals surface area contributed by atoms with Gasteiger partial charge in [0.1, 0.15) is 5.54 Å². The molecule has 1 aromatic heterocycles. The van der Waals surface area contributed by atoms with Crippen molar-refractivity contribution in [2.75, 3.05) is 20.3 Å². The van der Waals surface area contributed by atoms with Crippen molar-refractivity contribution in [1.82, 2.24) is 14.8 Å². The van der Waals surface area contributed by atoms with Gasteiger partial charge in [0.05, 0.1) is 13.2 Å². The second-order valence-corrected chi connectivity index (χ2v) is 7.69. The lowest BCUT2D eigenvalue weighted by Crippen LogP contribution is -2.41. The van der Waals surface area contributed by atoms with Gasteiger partial charge in [-0.15, -0.1) is 0 Å². The predicted octanol–water partition coefficient (Wildman–Crippen LogP) is 3.05. The second-order valence-electron chi connectivity index (χ2n) is 7.28. The third-order valence-electron chi connectivity index (χ3n) is 5.38. The van der Waals surface area contributed by atoms with Crippen molar-refractivity contribution < 1.29 is 19.1 Å². The fourth-order valence-corrected chi connectivity index (χ4v) is 4.05. The predicted molar refractivity (Wildman–Crippen MR) is 109 cm³/mol. The van der Waals surface area contributed by atoms with Crippen molar-refractivity contribution in [2.24, 2.45) is 0 Å². The first-order valence-corrected chi connectivity index (χ1v) is 9.66. The lowest BCUT2D eigenvalue weighted by molar-refractivity contribution is -0.130. The molecule has 3 amide bonds. The summed E-state index contributed by atoms with van der Waals surface area (Å²) < 4.78 is 7.10. The number of ether oxygens (including phenoxy) is 1. The lowest BCUT2D eigenvalue weighted by atomic mass is 9.92. The first-order valence-electron chi connectivity index (χ1n) is 9.28. The van der Waals surface area contributed by atoms with E-state index in [1.54, 1.807) is 44.4 Å². The second kappa shape index (κ2) is 8.00. The van der Waals surface area contributed by atoms with Gasteiger partial charge in [0.2, 0.25) is 0 Å². The molecule has 0 aliphatic carbocycles. The number of ketones is 1. The van der Waals surface area contributed by atoms with E-state index in [1.807, 2.05) is 18.4 Å². The molecule has 0 bridgehead atoms. The number of rotatable bonds is 7.